The molecule has 0 radical (unpaired) electrons. The van der Waals surface area contributed by atoms with Gasteiger partial charge in [0, 0.05) is 5.39 Å². The van der Waals surface area contributed by atoms with E-state index in [2.05, 4.69) is 132 Å². The summed E-state index contributed by atoms with van der Waals surface area (Å²) in [5.74, 6) is 0. The van der Waals surface area contributed by atoms with Gasteiger partial charge in [-0.1, -0.05) is 88.7 Å². The Morgan fingerprint density at radius 3 is 2.06 bits per heavy atom. The van der Waals surface area contributed by atoms with Gasteiger partial charge in [0.05, 0.1) is 11.4 Å². The maximum atomic E-state index is 4.00. The standard InChI is InChI=1S/C27H22N4.C3H8.C2H6/c1-18-16-23(28-3)13-10-20(18)8-9-21-11-14-24(17-19(21)2)29-30-26-15-12-22-6-4-5-7-25(22)27(26)31(29)30;1-3-2;1-2/h4-17H,3H2,1-2H3;3H2,1-2H3;1-2H3. The van der Waals surface area contributed by atoms with Crippen LogP contribution in [0.25, 0.3) is 39.6 Å². The van der Waals surface area contributed by atoms with Crippen molar-refractivity contribution < 1.29 is 0 Å². The van der Waals surface area contributed by atoms with E-state index in [1.807, 2.05) is 19.9 Å². The summed E-state index contributed by atoms with van der Waals surface area (Å²) < 4.78 is 4.45. The fourth-order valence-corrected chi connectivity index (χ4v) is 4.41. The summed E-state index contributed by atoms with van der Waals surface area (Å²) in [4.78, 5) is 6.22. The number of hydrogen-bond acceptors (Lipinski definition) is 1. The zero-order chi connectivity index (χ0) is 25.8. The molecule has 2 heterocycles. The van der Waals surface area contributed by atoms with Gasteiger partial charge in [-0.2, -0.15) is 4.80 Å². The Morgan fingerprint density at radius 1 is 0.778 bits per heavy atom. The number of aromatic nitrogens is 3. The van der Waals surface area contributed by atoms with Crippen molar-refractivity contribution >= 4 is 46.4 Å². The lowest BCUT2D eigenvalue weighted by Gasteiger charge is -2.04. The molecule has 0 saturated carbocycles. The molecule has 0 spiro atoms. The Morgan fingerprint density at radius 2 is 1.42 bits per heavy atom. The van der Waals surface area contributed by atoms with Gasteiger partial charge < -0.3 is 0 Å². The number of fused-ring (bicyclic) bond motifs is 6. The molecule has 0 amide bonds. The number of aliphatic imine (C=N–C) groups is 1. The van der Waals surface area contributed by atoms with Crippen LogP contribution in [0.5, 0.6) is 0 Å². The van der Waals surface area contributed by atoms with Crippen molar-refractivity contribution in [2.24, 2.45) is 4.99 Å². The normalized spacial score (nSPS) is 11.2. The minimum atomic E-state index is 0.905. The van der Waals surface area contributed by atoms with Gasteiger partial charge in [-0.15, -0.1) is 9.26 Å². The third kappa shape index (κ3) is 4.47. The highest BCUT2D eigenvalue weighted by Crippen LogP contribution is 2.33. The smallest absolute Gasteiger partial charge is 0.121 e. The molecule has 0 bridgehead atoms. The van der Waals surface area contributed by atoms with Crippen LogP contribution in [0.2, 0.25) is 0 Å². The first-order chi connectivity index (χ1) is 17.6. The van der Waals surface area contributed by atoms with Crippen molar-refractivity contribution in [3.63, 3.8) is 0 Å². The van der Waals surface area contributed by atoms with Crippen LogP contribution in [-0.2, 0) is 0 Å². The van der Waals surface area contributed by atoms with Gasteiger partial charge in [0.15, 0.2) is 0 Å². The number of aryl methyl sites for hydroxylation is 2. The molecular formula is C32H36N4. The highest BCUT2D eigenvalue weighted by Gasteiger charge is 2.25. The van der Waals surface area contributed by atoms with Gasteiger partial charge in [-0.3, -0.25) is 4.99 Å². The number of nitrogens with zero attached hydrogens (tertiary/aromatic N) is 4. The number of rotatable bonds is 4. The fraction of sp³-hybridized carbons (Fsp3) is 0.219. The third-order valence-electron chi connectivity index (χ3n) is 6.17. The Labute approximate surface area is 214 Å². The Hall–Kier alpha value is -4.05. The number of benzene rings is 4. The first-order valence-corrected chi connectivity index (χ1v) is 12.8. The van der Waals surface area contributed by atoms with E-state index in [1.54, 1.807) is 0 Å². The average Bonchev–Trinajstić information content (AvgIpc) is 3.55. The van der Waals surface area contributed by atoms with Crippen molar-refractivity contribution in [3.8, 4) is 5.69 Å². The van der Waals surface area contributed by atoms with E-state index >= 15 is 0 Å². The van der Waals surface area contributed by atoms with E-state index in [-0.39, 0.29) is 0 Å². The predicted molar refractivity (Wildman–Crippen MR) is 158 cm³/mol. The monoisotopic (exact) mass is 476 g/mol. The summed E-state index contributed by atoms with van der Waals surface area (Å²) in [6, 6.07) is 25.7. The molecule has 4 heteroatoms. The first kappa shape index (κ1) is 25.1. The SMILES string of the molecule is C=Nc1ccc(C=Cc2ccc(-n3n4c5ccc6ccccc6c5n34)cc2C)c(C)c1.CC.CCC. The molecule has 36 heavy (non-hydrogen) atoms. The van der Waals surface area contributed by atoms with E-state index in [1.165, 1.54) is 56.2 Å². The lowest BCUT2D eigenvalue weighted by molar-refractivity contribution is 1.02. The molecular weight excluding hydrogens is 440 g/mol. The molecule has 0 fully saturated rings. The molecule has 0 aliphatic heterocycles. The summed E-state index contributed by atoms with van der Waals surface area (Å²) in [5, 5.41) is 2.57. The maximum absolute atomic E-state index is 4.00. The molecule has 6 aromatic rings. The summed E-state index contributed by atoms with van der Waals surface area (Å²) in [6.45, 7) is 16.1. The Balaban J connectivity index is 0.000000569. The second-order valence-corrected chi connectivity index (χ2v) is 8.80. The van der Waals surface area contributed by atoms with Crippen molar-refractivity contribution in [3.05, 3.63) is 95.1 Å². The van der Waals surface area contributed by atoms with Gasteiger partial charge >= 0.3 is 0 Å². The fourth-order valence-electron chi connectivity index (χ4n) is 4.41. The largest absolute Gasteiger partial charge is 0.265 e. The molecule has 2 aromatic heterocycles. The van der Waals surface area contributed by atoms with Crippen LogP contribution in [0.15, 0.2) is 77.8 Å². The van der Waals surface area contributed by atoms with E-state index in [9.17, 15) is 0 Å². The van der Waals surface area contributed by atoms with Gasteiger partial charge in [-0.25, -0.2) is 0 Å². The van der Waals surface area contributed by atoms with Crippen LogP contribution in [-0.4, -0.2) is 20.8 Å². The van der Waals surface area contributed by atoms with Crippen molar-refractivity contribution in [2.45, 2.75) is 48.0 Å². The zero-order valence-corrected chi connectivity index (χ0v) is 22.3. The highest BCUT2D eigenvalue weighted by atomic mass is 15.9. The summed E-state index contributed by atoms with van der Waals surface area (Å²) in [7, 11) is 0. The van der Waals surface area contributed by atoms with Crippen LogP contribution < -0.4 is 0 Å². The molecule has 0 N–H and O–H groups in total. The van der Waals surface area contributed by atoms with Gasteiger partial charge in [0.25, 0.3) is 0 Å². The lowest BCUT2D eigenvalue weighted by Crippen LogP contribution is -1.91. The molecule has 0 aliphatic rings. The molecule has 4 aromatic carbocycles. The lowest BCUT2D eigenvalue weighted by atomic mass is 10.0. The average molecular weight is 477 g/mol. The minimum Gasteiger partial charge on any atom is -0.265 e. The second kappa shape index (κ2) is 10.7. The molecule has 4 nitrogen and oxygen atoms in total. The third-order valence-corrected chi connectivity index (χ3v) is 6.17. The van der Waals surface area contributed by atoms with E-state index in [0.717, 1.165) is 5.69 Å². The quantitative estimate of drug-likeness (QED) is 0.179. The topological polar surface area (TPSA) is 26.1 Å². The van der Waals surface area contributed by atoms with E-state index < -0.39 is 0 Å². The molecule has 0 unspecified atom stereocenters. The van der Waals surface area contributed by atoms with Gasteiger partial charge in [0.1, 0.15) is 11.0 Å². The van der Waals surface area contributed by atoms with Crippen LogP contribution in [0.1, 0.15) is 56.4 Å². The zero-order valence-electron chi connectivity index (χ0n) is 22.3. The number of hydrogen-bond donors (Lipinski definition) is 0. The van der Waals surface area contributed by atoms with Crippen molar-refractivity contribution in [1.82, 2.24) is 14.1 Å². The van der Waals surface area contributed by atoms with Crippen LogP contribution >= 0.6 is 0 Å². The predicted octanol–water partition coefficient (Wildman–Crippen LogP) is 9.14. The van der Waals surface area contributed by atoms with Crippen molar-refractivity contribution in [1.29, 1.82) is 0 Å². The summed E-state index contributed by atoms with van der Waals surface area (Å²) >= 11 is 0. The molecule has 6 rings (SSSR count). The van der Waals surface area contributed by atoms with Crippen LogP contribution in [0.3, 0.4) is 0 Å². The maximum Gasteiger partial charge on any atom is 0.121 e. The first-order valence-electron chi connectivity index (χ1n) is 12.8. The minimum absolute atomic E-state index is 0.905. The van der Waals surface area contributed by atoms with Crippen molar-refractivity contribution in [2.75, 3.05) is 0 Å². The van der Waals surface area contributed by atoms with Gasteiger partial charge in [0.2, 0.25) is 0 Å². The van der Waals surface area contributed by atoms with Crippen LogP contribution in [0, 0.1) is 13.8 Å². The molecule has 0 atom stereocenters. The Kier molecular flexibility index (Phi) is 7.44. The summed E-state index contributed by atoms with van der Waals surface area (Å²) in [5.41, 5.74) is 9.48. The molecule has 0 saturated heterocycles. The molecule has 184 valence electrons. The van der Waals surface area contributed by atoms with Gasteiger partial charge in [-0.05, 0) is 78.5 Å². The second-order valence-electron chi connectivity index (χ2n) is 8.80. The van der Waals surface area contributed by atoms with E-state index in [4.69, 9.17) is 0 Å². The summed E-state index contributed by atoms with van der Waals surface area (Å²) in [6.07, 6.45) is 5.60. The highest BCUT2D eigenvalue weighted by molar-refractivity contribution is 6.06. The van der Waals surface area contributed by atoms with Crippen LogP contribution in [0.4, 0.5) is 5.69 Å². The molecule has 0 aliphatic carbocycles. The Bertz CT molecular complexity index is 1640. The van der Waals surface area contributed by atoms with E-state index in [0.29, 0.717) is 0 Å².